The average Bonchev–Trinajstić information content (AvgIpc) is 2.37. The summed E-state index contributed by atoms with van der Waals surface area (Å²) >= 11 is 0. The molecule has 0 fully saturated rings. The van der Waals surface area contributed by atoms with E-state index >= 15 is 0 Å². The number of alkyl halides is 6. The molecule has 0 bridgehead atoms. The van der Waals surface area contributed by atoms with Crippen LogP contribution >= 0.6 is 0 Å². The molecule has 0 aliphatic carbocycles. The molecule has 0 spiro atoms. The molecule has 2 nitrogen and oxygen atoms in total. The summed E-state index contributed by atoms with van der Waals surface area (Å²) in [5, 5.41) is 0. The van der Waals surface area contributed by atoms with Gasteiger partial charge in [-0.05, 0) is 24.3 Å². The van der Waals surface area contributed by atoms with E-state index in [0.29, 0.717) is 12.1 Å². The van der Waals surface area contributed by atoms with Gasteiger partial charge in [-0.2, -0.15) is 26.3 Å². The number of aromatic nitrogens is 2. The van der Waals surface area contributed by atoms with Crippen molar-refractivity contribution in [2.75, 3.05) is 0 Å². The second kappa shape index (κ2) is 4.77. The van der Waals surface area contributed by atoms with Gasteiger partial charge in [-0.3, -0.25) is 9.97 Å². The summed E-state index contributed by atoms with van der Waals surface area (Å²) < 4.78 is 75.1. The smallest absolute Gasteiger partial charge is 0.255 e. The Balaban J connectivity index is 2.47. The number of hydrogen-bond donors (Lipinski definition) is 0. The van der Waals surface area contributed by atoms with Gasteiger partial charge >= 0.3 is 12.4 Å². The highest BCUT2D eigenvalue weighted by atomic mass is 19.4. The minimum absolute atomic E-state index is 0.272. The zero-order chi connectivity index (χ0) is 15.0. The fraction of sp³-hybridized carbons (Fsp3) is 0.167. The molecule has 0 amide bonds. The highest BCUT2D eigenvalue weighted by Crippen LogP contribution is 2.33. The third-order valence-corrected chi connectivity index (χ3v) is 2.44. The summed E-state index contributed by atoms with van der Waals surface area (Å²) in [7, 11) is 0. The van der Waals surface area contributed by atoms with Crippen LogP contribution in [-0.2, 0) is 12.4 Å². The summed E-state index contributed by atoms with van der Waals surface area (Å²) in [6.07, 6.45) is -7.45. The topological polar surface area (TPSA) is 25.8 Å². The molecule has 0 aromatic carbocycles. The van der Waals surface area contributed by atoms with Gasteiger partial charge in [0, 0.05) is 12.4 Å². The van der Waals surface area contributed by atoms with Crippen molar-refractivity contribution >= 4 is 0 Å². The van der Waals surface area contributed by atoms with E-state index in [1.807, 2.05) is 0 Å². The number of pyridine rings is 2. The van der Waals surface area contributed by atoms with Crippen molar-refractivity contribution in [2.45, 2.75) is 12.4 Å². The maximum Gasteiger partial charge on any atom is 0.416 e. The molecule has 20 heavy (non-hydrogen) atoms. The molecule has 0 N–H and O–H groups in total. The summed E-state index contributed by atoms with van der Waals surface area (Å²) in [5.74, 6) is 0. The van der Waals surface area contributed by atoms with Gasteiger partial charge in [0.2, 0.25) is 0 Å². The SMILES string of the molecule is FC(F)(F)c1ccnc(-c2cc(C(F)(F)F)ccn2)c1. The number of hydrogen-bond acceptors (Lipinski definition) is 2. The molecule has 0 radical (unpaired) electrons. The van der Waals surface area contributed by atoms with Crippen LogP contribution in [0.25, 0.3) is 11.4 Å². The van der Waals surface area contributed by atoms with Gasteiger partial charge < -0.3 is 0 Å². The fourth-order valence-corrected chi connectivity index (χ4v) is 1.49. The van der Waals surface area contributed by atoms with Crippen molar-refractivity contribution in [2.24, 2.45) is 0 Å². The minimum Gasteiger partial charge on any atom is -0.255 e. The normalized spacial score (nSPS) is 12.5. The van der Waals surface area contributed by atoms with E-state index in [1.165, 1.54) is 0 Å². The lowest BCUT2D eigenvalue weighted by Crippen LogP contribution is -2.07. The van der Waals surface area contributed by atoms with E-state index in [9.17, 15) is 26.3 Å². The Morgan fingerprint density at radius 1 is 0.650 bits per heavy atom. The highest BCUT2D eigenvalue weighted by Gasteiger charge is 2.32. The molecule has 0 unspecified atom stereocenters. The van der Waals surface area contributed by atoms with Crippen molar-refractivity contribution in [1.29, 1.82) is 0 Å². The van der Waals surface area contributed by atoms with Crippen molar-refractivity contribution in [3.05, 3.63) is 47.8 Å². The van der Waals surface area contributed by atoms with Crippen molar-refractivity contribution in [3.8, 4) is 11.4 Å². The lowest BCUT2D eigenvalue weighted by molar-refractivity contribution is -0.138. The predicted molar refractivity (Wildman–Crippen MR) is 57.5 cm³/mol. The van der Waals surface area contributed by atoms with Gasteiger partial charge in [0.25, 0.3) is 0 Å². The molecule has 2 heterocycles. The Morgan fingerprint density at radius 2 is 1.00 bits per heavy atom. The van der Waals surface area contributed by atoms with Crippen LogP contribution in [0.5, 0.6) is 0 Å². The largest absolute Gasteiger partial charge is 0.416 e. The molecule has 0 aliphatic rings. The molecule has 0 saturated carbocycles. The maximum absolute atomic E-state index is 12.5. The van der Waals surface area contributed by atoms with Gasteiger partial charge in [0.05, 0.1) is 22.5 Å². The first-order valence-corrected chi connectivity index (χ1v) is 5.25. The number of nitrogens with zero attached hydrogens (tertiary/aromatic N) is 2. The summed E-state index contributed by atoms with van der Waals surface area (Å²) in [6, 6.07) is 2.78. The number of rotatable bonds is 1. The van der Waals surface area contributed by atoms with E-state index in [-0.39, 0.29) is 11.4 Å². The second-order valence-electron chi connectivity index (χ2n) is 3.86. The van der Waals surface area contributed by atoms with Crippen molar-refractivity contribution < 1.29 is 26.3 Å². The van der Waals surface area contributed by atoms with Crippen LogP contribution < -0.4 is 0 Å². The zero-order valence-corrected chi connectivity index (χ0v) is 9.63. The van der Waals surface area contributed by atoms with E-state index in [4.69, 9.17) is 0 Å². The van der Waals surface area contributed by atoms with E-state index in [0.717, 1.165) is 24.5 Å². The molecule has 0 saturated heterocycles. The third-order valence-electron chi connectivity index (χ3n) is 2.44. The Bertz CT molecular complexity index is 562. The van der Waals surface area contributed by atoms with Gasteiger partial charge in [-0.15, -0.1) is 0 Å². The van der Waals surface area contributed by atoms with Crippen LogP contribution in [-0.4, -0.2) is 9.97 Å². The highest BCUT2D eigenvalue weighted by molar-refractivity contribution is 5.56. The summed E-state index contributed by atoms with van der Waals surface area (Å²) in [4.78, 5) is 7.23. The lowest BCUT2D eigenvalue weighted by atomic mass is 10.1. The minimum atomic E-state index is -4.60. The Hall–Kier alpha value is -2.12. The lowest BCUT2D eigenvalue weighted by Gasteiger charge is -2.09. The molecule has 106 valence electrons. The van der Waals surface area contributed by atoms with Crippen LogP contribution in [0.4, 0.5) is 26.3 Å². The third kappa shape index (κ3) is 3.06. The molecule has 0 atom stereocenters. The van der Waals surface area contributed by atoms with Crippen LogP contribution in [0.3, 0.4) is 0 Å². The quantitative estimate of drug-likeness (QED) is 0.737. The molecular formula is C12H6F6N2. The van der Waals surface area contributed by atoms with Gasteiger partial charge in [0.1, 0.15) is 0 Å². The molecule has 2 rings (SSSR count). The molecule has 0 aliphatic heterocycles. The van der Waals surface area contributed by atoms with Crippen LogP contribution in [0.15, 0.2) is 36.7 Å². The van der Waals surface area contributed by atoms with Gasteiger partial charge in [-0.1, -0.05) is 0 Å². The van der Waals surface area contributed by atoms with Crippen LogP contribution in [0.1, 0.15) is 11.1 Å². The second-order valence-corrected chi connectivity index (χ2v) is 3.86. The molecular weight excluding hydrogens is 286 g/mol. The van der Waals surface area contributed by atoms with Crippen molar-refractivity contribution in [3.63, 3.8) is 0 Å². The fourth-order valence-electron chi connectivity index (χ4n) is 1.49. The number of halogens is 6. The Morgan fingerprint density at radius 3 is 1.30 bits per heavy atom. The Labute approximate surface area is 109 Å². The van der Waals surface area contributed by atoms with Crippen molar-refractivity contribution in [1.82, 2.24) is 9.97 Å². The standard InChI is InChI=1S/C12H6F6N2/c13-11(14,15)7-1-3-19-9(5-7)10-6-8(2-4-20-10)12(16,17)18/h1-6H. The first kappa shape index (κ1) is 14.3. The van der Waals surface area contributed by atoms with E-state index in [2.05, 4.69) is 9.97 Å². The van der Waals surface area contributed by atoms with E-state index < -0.39 is 23.5 Å². The Kier molecular flexibility index (Phi) is 3.41. The summed E-state index contributed by atoms with van der Waals surface area (Å²) in [6.45, 7) is 0. The van der Waals surface area contributed by atoms with Gasteiger partial charge in [-0.25, -0.2) is 0 Å². The van der Waals surface area contributed by atoms with E-state index in [1.54, 1.807) is 0 Å². The predicted octanol–water partition coefficient (Wildman–Crippen LogP) is 4.18. The molecule has 2 aromatic heterocycles. The zero-order valence-electron chi connectivity index (χ0n) is 9.63. The maximum atomic E-state index is 12.5. The first-order chi connectivity index (χ1) is 9.18. The van der Waals surface area contributed by atoms with Crippen LogP contribution in [0, 0.1) is 0 Å². The monoisotopic (exact) mass is 292 g/mol. The average molecular weight is 292 g/mol. The van der Waals surface area contributed by atoms with Crippen LogP contribution in [0.2, 0.25) is 0 Å². The first-order valence-electron chi connectivity index (χ1n) is 5.25. The van der Waals surface area contributed by atoms with Gasteiger partial charge in [0.15, 0.2) is 0 Å². The molecule has 8 heteroatoms. The summed E-state index contributed by atoms with van der Waals surface area (Å²) in [5.41, 5.74) is -2.54. The molecule has 2 aromatic rings.